The molecule has 0 aromatic rings. The van der Waals surface area contributed by atoms with Gasteiger partial charge >= 0.3 is 0 Å². The van der Waals surface area contributed by atoms with Crippen LogP contribution in [0.2, 0.25) is 0 Å². The highest BCUT2D eigenvalue weighted by Gasteiger charge is 2.49. The topological polar surface area (TPSA) is 20.2 Å². The maximum absolute atomic E-state index is 8.84. The summed E-state index contributed by atoms with van der Waals surface area (Å²) in [6.45, 7) is 0.454. The Morgan fingerprint density at radius 1 is 1.11 bits per heavy atom. The Morgan fingerprint density at radius 2 is 1.67 bits per heavy atom. The van der Waals surface area contributed by atoms with Gasteiger partial charge in [-0.3, -0.25) is 0 Å². The molecule has 2 rings (SSSR count). The molecule has 1 heteroatoms. The number of fused-ring (bicyclic) bond motifs is 1. The fourth-order valence-electron chi connectivity index (χ4n) is 2.41. The first-order valence-corrected chi connectivity index (χ1v) is 4.04. The fraction of sp³-hybridized carbons (Fsp3) is 1.00. The Labute approximate surface area is 56.1 Å². The lowest BCUT2D eigenvalue weighted by Crippen LogP contribution is -1.91. The molecular weight excluding hydrogens is 112 g/mol. The zero-order valence-electron chi connectivity index (χ0n) is 5.71. The molecule has 0 aliphatic heterocycles. The van der Waals surface area contributed by atoms with Gasteiger partial charge in [0.25, 0.3) is 0 Å². The number of hydrogen-bond acceptors (Lipinski definition) is 1. The second-order valence-corrected chi connectivity index (χ2v) is 3.46. The molecule has 0 unspecified atom stereocenters. The Balaban J connectivity index is 1.91. The van der Waals surface area contributed by atoms with Gasteiger partial charge in [0.1, 0.15) is 0 Å². The first kappa shape index (κ1) is 5.72. The van der Waals surface area contributed by atoms with Crippen molar-refractivity contribution in [3.8, 4) is 0 Å². The van der Waals surface area contributed by atoms with Crippen LogP contribution in [-0.4, -0.2) is 11.7 Å². The van der Waals surface area contributed by atoms with Crippen LogP contribution in [0.25, 0.3) is 0 Å². The second kappa shape index (κ2) is 1.98. The van der Waals surface area contributed by atoms with E-state index in [0.29, 0.717) is 12.5 Å². The van der Waals surface area contributed by atoms with Crippen LogP contribution < -0.4 is 0 Å². The molecule has 0 aromatic heterocycles. The first-order valence-electron chi connectivity index (χ1n) is 4.04. The molecule has 0 aromatic carbocycles. The van der Waals surface area contributed by atoms with Gasteiger partial charge in [-0.1, -0.05) is 12.8 Å². The second-order valence-electron chi connectivity index (χ2n) is 3.46. The summed E-state index contributed by atoms with van der Waals surface area (Å²) < 4.78 is 0. The normalized spacial score (nSPS) is 48.3. The highest BCUT2D eigenvalue weighted by Crippen LogP contribution is 2.54. The highest BCUT2D eigenvalue weighted by molar-refractivity contribution is 4.98. The van der Waals surface area contributed by atoms with Gasteiger partial charge in [0.2, 0.25) is 0 Å². The van der Waals surface area contributed by atoms with E-state index in [2.05, 4.69) is 0 Å². The molecule has 2 saturated carbocycles. The monoisotopic (exact) mass is 126 g/mol. The smallest absolute Gasteiger partial charge is 0.0464 e. The molecule has 2 atom stereocenters. The Morgan fingerprint density at radius 3 is 2.11 bits per heavy atom. The Bertz CT molecular complexity index is 92.4. The molecule has 2 aliphatic rings. The maximum atomic E-state index is 8.84. The van der Waals surface area contributed by atoms with E-state index >= 15 is 0 Å². The molecule has 1 nitrogen and oxygen atoms in total. The van der Waals surface area contributed by atoms with E-state index in [9.17, 15) is 0 Å². The molecule has 0 radical (unpaired) electrons. The zero-order valence-corrected chi connectivity index (χ0v) is 5.71. The summed E-state index contributed by atoms with van der Waals surface area (Å²) >= 11 is 0. The van der Waals surface area contributed by atoms with Crippen LogP contribution in [0.15, 0.2) is 0 Å². The van der Waals surface area contributed by atoms with Crippen LogP contribution in [0.1, 0.15) is 25.7 Å². The van der Waals surface area contributed by atoms with Crippen LogP contribution in [-0.2, 0) is 0 Å². The lowest BCUT2D eigenvalue weighted by molar-refractivity contribution is 0.264. The predicted octanol–water partition coefficient (Wildman–Crippen LogP) is 1.41. The number of aliphatic hydroxyl groups is 1. The summed E-state index contributed by atoms with van der Waals surface area (Å²) in [6.07, 6.45) is 5.63. The molecule has 9 heavy (non-hydrogen) atoms. The summed E-state index contributed by atoms with van der Waals surface area (Å²) in [5.74, 6) is 2.58. The third-order valence-corrected chi connectivity index (χ3v) is 3.04. The van der Waals surface area contributed by atoms with Gasteiger partial charge in [-0.2, -0.15) is 0 Å². The fourth-order valence-corrected chi connectivity index (χ4v) is 2.41. The molecule has 0 heterocycles. The zero-order chi connectivity index (χ0) is 6.27. The van der Waals surface area contributed by atoms with E-state index in [0.717, 1.165) is 11.8 Å². The van der Waals surface area contributed by atoms with Gasteiger partial charge in [0.15, 0.2) is 0 Å². The summed E-state index contributed by atoms with van der Waals surface area (Å²) in [7, 11) is 0. The third kappa shape index (κ3) is 0.787. The lowest BCUT2D eigenvalue weighted by Gasteiger charge is -2.04. The van der Waals surface area contributed by atoms with Crippen LogP contribution in [0.3, 0.4) is 0 Å². The standard InChI is InChI=1S/C8H14O/c9-5-8-6-3-1-2-4-7(6)8/h6-9H,1-5H2/t6-,7-/m1/s1. The van der Waals surface area contributed by atoms with E-state index in [1.54, 1.807) is 0 Å². The van der Waals surface area contributed by atoms with Gasteiger partial charge in [-0.05, 0) is 30.6 Å². The summed E-state index contributed by atoms with van der Waals surface area (Å²) in [4.78, 5) is 0. The predicted molar refractivity (Wildman–Crippen MR) is 36.0 cm³/mol. The highest BCUT2D eigenvalue weighted by atomic mass is 16.3. The molecular formula is C8H14O. The van der Waals surface area contributed by atoms with Gasteiger partial charge in [-0.25, -0.2) is 0 Å². The SMILES string of the molecule is OCC1[C@@H]2CCCC[C@@H]12. The number of hydrogen-bond donors (Lipinski definition) is 1. The van der Waals surface area contributed by atoms with Gasteiger partial charge < -0.3 is 5.11 Å². The van der Waals surface area contributed by atoms with Gasteiger partial charge in [-0.15, -0.1) is 0 Å². The average Bonchev–Trinajstić information content (AvgIpc) is 2.60. The Kier molecular flexibility index (Phi) is 1.26. The van der Waals surface area contributed by atoms with Crippen molar-refractivity contribution in [3.05, 3.63) is 0 Å². The van der Waals surface area contributed by atoms with E-state index in [4.69, 9.17) is 5.11 Å². The van der Waals surface area contributed by atoms with Gasteiger partial charge in [0.05, 0.1) is 0 Å². The molecule has 1 N–H and O–H groups in total. The Hall–Kier alpha value is -0.0400. The lowest BCUT2D eigenvalue weighted by atomic mass is 10.0. The minimum atomic E-state index is 0.454. The average molecular weight is 126 g/mol. The van der Waals surface area contributed by atoms with Gasteiger partial charge in [0, 0.05) is 6.61 Å². The van der Waals surface area contributed by atoms with Crippen LogP contribution in [0.4, 0.5) is 0 Å². The number of aliphatic hydroxyl groups excluding tert-OH is 1. The third-order valence-electron chi connectivity index (χ3n) is 3.04. The minimum Gasteiger partial charge on any atom is -0.396 e. The molecule has 2 aliphatic carbocycles. The summed E-state index contributed by atoms with van der Waals surface area (Å²) in [6, 6.07) is 0. The molecule has 52 valence electrons. The van der Waals surface area contributed by atoms with Crippen molar-refractivity contribution in [1.29, 1.82) is 0 Å². The van der Waals surface area contributed by atoms with Crippen LogP contribution in [0.5, 0.6) is 0 Å². The maximum Gasteiger partial charge on any atom is 0.0464 e. The van der Waals surface area contributed by atoms with Crippen molar-refractivity contribution in [3.63, 3.8) is 0 Å². The summed E-state index contributed by atoms with van der Waals surface area (Å²) in [5.41, 5.74) is 0. The van der Waals surface area contributed by atoms with Crippen LogP contribution in [0, 0.1) is 17.8 Å². The molecule has 0 amide bonds. The largest absolute Gasteiger partial charge is 0.396 e. The minimum absolute atomic E-state index is 0.454. The van der Waals surface area contributed by atoms with E-state index < -0.39 is 0 Å². The molecule has 0 bridgehead atoms. The number of rotatable bonds is 1. The molecule has 0 spiro atoms. The van der Waals surface area contributed by atoms with E-state index in [-0.39, 0.29) is 0 Å². The van der Waals surface area contributed by atoms with Crippen molar-refractivity contribution in [1.82, 2.24) is 0 Å². The van der Waals surface area contributed by atoms with Crippen molar-refractivity contribution in [2.24, 2.45) is 17.8 Å². The van der Waals surface area contributed by atoms with Crippen molar-refractivity contribution in [2.45, 2.75) is 25.7 Å². The van der Waals surface area contributed by atoms with E-state index in [1.165, 1.54) is 25.7 Å². The van der Waals surface area contributed by atoms with Crippen molar-refractivity contribution < 1.29 is 5.11 Å². The summed E-state index contributed by atoms with van der Waals surface area (Å²) in [5, 5.41) is 8.84. The molecule has 0 saturated heterocycles. The van der Waals surface area contributed by atoms with E-state index in [1.807, 2.05) is 0 Å². The van der Waals surface area contributed by atoms with Crippen LogP contribution >= 0.6 is 0 Å². The van der Waals surface area contributed by atoms with Crippen molar-refractivity contribution >= 4 is 0 Å². The first-order chi connectivity index (χ1) is 4.43. The quantitative estimate of drug-likeness (QED) is 0.563. The van der Waals surface area contributed by atoms with Crippen molar-refractivity contribution in [2.75, 3.05) is 6.61 Å². The molecule has 2 fully saturated rings.